The molecule has 2 aromatic carbocycles. The Morgan fingerprint density at radius 1 is 0.697 bits per heavy atom. The lowest BCUT2D eigenvalue weighted by molar-refractivity contribution is -0.163. The molecule has 5 heterocycles. The molecule has 1 aliphatic rings. The van der Waals surface area contributed by atoms with Crippen LogP contribution in [-0.2, 0) is 78.5 Å². The first-order valence-corrected chi connectivity index (χ1v) is 23.6. The van der Waals surface area contributed by atoms with Crippen LogP contribution in [0.2, 0.25) is 10.0 Å². The summed E-state index contributed by atoms with van der Waals surface area (Å²) in [5, 5.41) is 10.6. The molecule has 1 unspecified atom stereocenters. The molecule has 0 bridgehead atoms. The van der Waals surface area contributed by atoms with Gasteiger partial charge in [0.1, 0.15) is 11.6 Å². The van der Waals surface area contributed by atoms with Gasteiger partial charge in [-0.05, 0) is 93.2 Å². The van der Waals surface area contributed by atoms with Crippen LogP contribution in [0.1, 0.15) is 80.2 Å². The van der Waals surface area contributed by atoms with E-state index in [1.807, 2.05) is 46.4 Å². The second-order valence-corrected chi connectivity index (χ2v) is 17.4. The monoisotopic (exact) mass is 950 g/mol. The first kappa shape index (κ1) is 49.0. The number of ether oxygens (including phenoxy) is 4. The topological polar surface area (TPSA) is 181 Å². The lowest BCUT2D eigenvalue weighted by Crippen LogP contribution is -2.40. The zero-order chi connectivity index (χ0) is 46.7. The van der Waals surface area contributed by atoms with E-state index >= 15 is 0 Å². The summed E-state index contributed by atoms with van der Waals surface area (Å²) < 4.78 is 32.3. The summed E-state index contributed by atoms with van der Waals surface area (Å²) in [7, 11) is 3.24. The summed E-state index contributed by atoms with van der Waals surface area (Å²) in [6, 6.07) is 13.2. The SMILES string of the molecule is CCOCCCc1nc2c(c(=O)n(CCCO)c(=O)n2C)n1Cc1ccc(Cl)c(CCOCCCc2nc3c(c(=O)n(CCCOC4CCCCO4)c(=O)n3C)n2Cc2ccc(Cl)cc2)c1. The molecule has 0 aliphatic carbocycles. The van der Waals surface area contributed by atoms with E-state index in [-0.39, 0.29) is 32.4 Å². The van der Waals surface area contributed by atoms with Crippen molar-refractivity contribution in [1.29, 1.82) is 0 Å². The average Bonchev–Trinajstić information content (AvgIpc) is 3.87. The maximum absolute atomic E-state index is 14.1. The maximum atomic E-state index is 14.1. The third-order valence-corrected chi connectivity index (χ3v) is 12.6. The lowest BCUT2D eigenvalue weighted by atomic mass is 10.1. The number of rotatable bonds is 24. The fraction of sp³-hybridized carbons (Fsp3) is 0.532. The first-order chi connectivity index (χ1) is 32.0. The normalized spacial score (nSPS) is 14.3. The minimum absolute atomic E-state index is 0.0905. The highest BCUT2D eigenvalue weighted by molar-refractivity contribution is 6.31. The van der Waals surface area contributed by atoms with Crippen LogP contribution in [0.3, 0.4) is 0 Å². The smallest absolute Gasteiger partial charge is 0.332 e. The minimum atomic E-state index is -0.480. The van der Waals surface area contributed by atoms with Crippen LogP contribution in [0.5, 0.6) is 0 Å². The summed E-state index contributed by atoms with van der Waals surface area (Å²) in [5.41, 5.74) is 2.24. The van der Waals surface area contributed by atoms with E-state index in [1.54, 1.807) is 26.2 Å². The van der Waals surface area contributed by atoms with Gasteiger partial charge in [-0.25, -0.2) is 19.6 Å². The predicted octanol–water partition coefficient (Wildman–Crippen LogP) is 4.99. The quantitative estimate of drug-likeness (QED) is 0.0809. The number of fused-ring (bicyclic) bond motifs is 2. The van der Waals surface area contributed by atoms with Crippen molar-refractivity contribution in [1.82, 2.24) is 37.4 Å². The Morgan fingerprint density at radius 2 is 1.29 bits per heavy atom. The molecule has 19 heteroatoms. The number of aryl methyl sites for hydroxylation is 4. The van der Waals surface area contributed by atoms with Gasteiger partial charge in [0.05, 0.1) is 13.2 Å². The van der Waals surface area contributed by atoms with Crippen LogP contribution < -0.4 is 22.5 Å². The molecule has 0 saturated carbocycles. The van der Waals surface area contributed by atoms with Crippen LogP contribution in [0.4, 0.5) is 0 Å². The number of hydrogen-bond donors (Lipinski definition) is 1. The molecule has 1 aliphatic heterocycles. The van der Waals surface area contributed by atoms with Crippen molar-refractivity contribution in [2.75, 3.05) is 46.2 Å². The molecule has 1 atom stereocenters. The van der Waals surface area contributed by atoms with Crippen LogP contribution in [0.25, 0.3) is 22.3 Å². The summed E-state index contributed by atoms with van der Waals surface area (Å²) in [6.07, 6.45) is 6.22. The van der Waals surface area contributed by atoms with Gasteiger partial charge in [0.15, 0.2) is 28.6 Å². The number of halogens is 2. The second-order valence-electron chi connectivity index (χ2n) is 16.6. The Bertz CT molecular complexity index is 2840. The molecular formula is C47H60Cl2N8O9. The number of nitrogens with zero attached hydrogens (tertiary/aromatic N) is 8. The minimum Gasteiger partial charge on any atom is -0.396 e. The first-order valence-electron chi connectivity index (χ1n) is 22.9. The van der Waals surface area contributed by atoms with E-state index in [0.29, 0.717) is 135 Å². The predicted molar refractivity (Wildman–Crippen MR) is 253 cm³/mol. The number of imidazole rings is 2. The standard InChI is InChI=1S/C47H60Cl2N8O9/c1-4-63-24-7-11-38-51-43-41(44(59)54(21-9-23-58)46(61)52(43)2)57(38)31-33-16-19-36(49)34(29-33)20-28-64-25-8-12-37-50-42-40(56(37)30-32-14-17-35(48)18-15-32)45(60)55(47(62)53(42)3)22-10-27-66-39-13-5-6-26-65-39/h14-19,29,39,58H,4-13,20-28,30-31H2,1-3H3. The maximum Gasteiger partial charge on any atom is 0.332 e. The van der Waals surface area contributed by atoms with Crippen LogP contribution >= 0.6 is 23.2 Å². The van der Waals surface area contributed by atoms with Crippen LogP contribution in [-0.4, -0.2) is 95.0 Å². The summed E-state index contributed by atoms with van der Waals surface area (Å²) in [6.45, 7) is 5.70. The third kappa shape index (κ3) is 11.4. The molecule has 0 radical (unpaired) electrons. The number of benzene rings is 2. The van der Waals surface area contributed by atoms with Crippen LogP contribution in [0, 0.1) is 0 Å². The van der Waals surface area contributed by atoms with Crippen molar-refractivity contribution in [3.8, 4) is 0 Å². The zero-order valence-corrected chi connectivity index (χ0v) is 39.5. The van der Waals surface area contributed by atoms with Crippen molar-refractivity contribution >= 4 is 45.5 Å². The third-order valence-electron chi connectivity index (χ3n) is 11.9. The van der Waals surface area contributed by atoms with Crippen LogP contribution in [0.15, 0.2) is 61.6 Å². The molecule has 0 amide bonds. The lowest BCUT2D eigenvalue weighted by Gasteiger charge is -2.22. The van der Waals surface area contributed by atoms with E-state index < -0.39 is 22.5 Å². The molecule has 356 valence electrons. The van der Waals surface area contributed by atoms with Gasteiger partial charge in [-0.3, -0.25) is 27.9 Å². The second kappa shape index (κ2) is 23.2. The number of hydrogen-bond acceptors (Lipinski definition) is 11. The molecule has 1 N–H and O–H groups in total. The van der Waals surface area contributed by atoms with Gasteiger partial charge in [0.2, 0.25) is 0 Å². The largest absolute Gasteiger partial charge is 0.396 e. The molecule has 6 aromatic rings. The van der Waals surface area contributed by atoms with Gasteiger partial charge >= 0.3 is 11.4 Å². The Labute approximate surface area is 392 Å². The van der Waals surface area contributed by atoms with E-state index in [9.17, 15) is 24.3 Å². The van der Waals surface area contributed by atoms with Gasteiger partial charge in [-0.2, -0.15) is 0 Å². The molecule has 4 aromatic heterocycles. The highest BCUT2D eigenvalue weighted by Crippen LogP contribution is 2.23. The number of aliphatic hydroxyl groups is 1. The Hall–Kier alpha value is -4.88. The van der Waals surface area contributed by atoms with Crippen molar-refractivity contribution in [3.63, 3.8) is 0 Å². The fourth-order valence-corrected chi connectivity index (χ4v) is 8.76. The average molecular weight is 952 g/mol. The number of aromatic nitrogens is 8. The Morgan fingerprint density at radius 3 is 1.88 bits per heavy atom. The van der Waals surface area contributed by atoms with Crippen molar-refractivity contribution in [3.05, 3.63) is 123 Å². The zero-order valence-electron chi connectivity index (χ0n) is 38.0. The van der Waals surface area contributed by atoms with Gasteiger partial charge < -0.3 is 33.2 Å². The molecule has 1 saturated heterocycles. The van der Waals surface area contributed by atoms with Gasteiger partial charge in [-0.15, -0.1) is 0 Å². The van der Waals surface area contributed by atoms with Gasteiger partial charge in [0, 0.05) is 96.2 Å². The molecule has 7 rings (SSSR count). The summed E-state index contributed by atoms with van der Waals surface area (Å²) in [4.78, 5) is 64.3. The van der Waals surface area contributed by atoms with E-state index in [2.05, 4.69) is 0 Å². The number of aliphatic hydroxyl groups excluding tert-OH is 1. The fourth-order valence-electron chi connectivity index (χ4n) is 8.43. The highest BCUT2D eigenvalue weighted by atomic mass is 35.5. The molecule has 17 nitrogen and oxygen atoms in total. The van der Waals surface area contributed by atoms with E-state index in [1.165, 1.54) is 13.7 Å². The van der Waals surface area contributed by atoms with Crippen molar-refractivity contribution in [2.24, 2.45) is 14.1 Å². The molecular weight excluding hydrogens is 891 g/mol. The highest BCUT2D eigenvalue weighted by Gasteiger charge is 2.23. The summed E-state index contributed by atoms with van der Waals surface area (Å²) in [5.74, 6) is 1.32. The van der Waals surface area contributed by atoms with Gasteiger partial charge in [0.25, 0.3) is 11.1 Å². The van der Waals surface area contributed by atoms with E-state index in [0.717, 1.165) is 40.5 Å². The Balaban J connectivity index is 1.04. The molecule has 0 spiro atoms. The van der Waals surface area contributed by atoms with Gasteiger partial charge in [-0.1, -0.05) is 47.5 Å². The van der Waals surface area contributed by atoms with Crippen molar-refractivity contribution < 1.29 is 24.1 Å². The molecule has 66 heavy (non-hydrogen) atoms. The van der Waals surface area contributed by atoms with E-state index in [4.69, 9.17) is 52.1 Å². The summed E-state index contributed by atoms with van der Waals surface area (Å²) >= 11 is 12.9. The molecule has 1 fully saturated rings. The van der Waals surface area contributed by atoms with Crippen molar-refractivity contribution in [2.45, 2.75) is 104 Å². The Kier molecular flexibility index (Phi) is 17.3.